The summed E-state index contributed by atoms with van der Waals surface area (Å²) in [6.07, 6.45) is 3.49. The fraction of sp³-hybridized carbons (Fsp3) is 0.310. The number of carboxylic acid groups (broad SMARTS) is 1. The summed E-state index contributed by atoms with van der Waals surface area (Å²) in [6.45, 7) is 0.905. The lowest BCUT2D eigenvalue weighted by Gasteiger charge is -2.35. The number of nitrogens with zero attached hydrogens (tertiary/aromatic N) is 1. The Bertz CT molecular complexity index is 2090. The van der Waals surface area contributed by atoms with Crippen molar-refractivity contribution < 1.29 is 24.9 Å². The Morgan fingerprint density at radius 1 is 0.873 bits per heavy atom. The monoisotopic (exact) mass is 789 g/mol. The molecule has 0 saturated heterocycles. The zero-order chi connectivity index (χ0) is 37.3. The summed E-state index contributed by atoms with van der Waals surface area (Å²) >= 11 is 0. The number of pyridine rings is 1. The first kappa shape index (κ1) is 42.8. The molecule has 6 rings (SSSR count). The third kappa shape index (κ3) is 11.1. The Morgan fingerprint density at radius 3 is 2.29 bits per heavy atom. The van der Waals surface area contributed by atoms with E-state index < -0.39 is 12.2 Å². The number of nitrogens with two attached hydrogens (primary N) is 1. The Kier molecular flexibility index (Phi) is 15.7. The van der Waals surface area contributed by atoms with E-state index in [9.17, 15) is 29.7 Å². The highest BCUT2D eigenvalue weighted by molar-refractivity contribution is 5.94. The van der Waals surface area contributed by atoms with Gasteiger partial charge >= 0.3 is 6.09 Å². The highest BCUT2D eigenvalue weighted by Gasteiger charge is 2.30. The summed E-state index contributed by atoms with van der Waals surface area (Å²) in [4.78, 5) is 41.4. The number of nitrogens with one attached hydrogen (secondary N) is 3. The van der Waals surface area contributed by atoms with Gasteiger partial charge in [0.15, 0.2) is 0 Å². The average Bonchev–Trinajstić information content (AvgIpc) is 3.15. The molecule has 4 aromatic carbocycles. The van der Waals surface area contributed by atoms with Gasteiger partial charge in [0.25, 0.3) is 0 Å². The molecule has 0 radical (unpaired) electrons. The van der Waals surface area contributed by atoms with Crippen molar-refractivity contribution in [2.75, 3.05) is 23.3 Å². The molecule has 1 aliphatic rings. The van der Waals surface area contributed by atoms with E-state index >= 15 is 0 Å². The number of hydrogen-bond acceptors (Lipinski definition) is 7. The number of phenols is 1. The number of carbonyl (C=O) groups is 2. The van der Waals surface area contributed by atoms with Gasteiger partial charge in [0.1, 0.15) is 5.75 Å². The number of halogens is 2. The molecule has 292 valence electrons. The number of rotatable bonds is 14. The van der Waals surface area contributed by atoms with Crippen molar-refractivity contribution in [3.8, 4) is 16.9 Å². The van der Waals surface area contributed by atoms with Crippen LogP contribution >= 0.6 is 24.8 Å². The number of anilines is 2. The zero-order valence-corrected chi connectivity index (χ0v) is 32.1. The molecule has 1 heterocycles. The minimum absolute atomic E-state index is 0. The molecule has 0 spiro atoms. The maximum atomic E-state index is 12.9. The van der Waals surface area contributed by atoms with E-state index in [1.165, 1.54) is 17.0 Å². The molecular formula is C42H49Cl2N5O6. The van der Waals surface area contributed by atoms with Gasteiger partial charge in [0, 0.05) is 47.8 Å². The number of aromatic hydroxyl groups is 1. The number of H-pyrrole nitrogens is 1. The molecule has 0 aliphatic heterocycles. The number of aliphatic hydroxyl groups excluding tert-OH is 1. The van der Waals surface area contributed by atoms with Gasteiger partial charge in [0.05, 0.1) is 17.3 Å². The van der Waals surface area contributed by atoms with Gasteiger partial charge in [-0.3, -0.25) is 14.5 Å². The van der Waals surface area contributed by atoms with Crippen LogP contribution in [0.5, 0.6) is 5.75 Å². The molecule has 55 heavy (non-hydrogen) atoms. The Hall–Kier alpha value is -4.91. The number of aromatic amines is 1. The molecule has 8 N–H and O–H groups in total. The standard InChI is InChI=1S/C42H47N5O6.2ClH/c43-30-12-16-32(17-13-30)47(42(52)53)36-25-28(11-18-33(36)29-6-2-1-3-7-29)5-4-8-39(50)45-31-14-9-27(10-15-31)23-24-44-26-38(49)34-19-21-37(48)41-35(34)20-22-40(51)46-41;;/h1-3,6-7,9-11,14-15,18-22,25,30,32,38,44,48-49H,4-5,8,12-13,16-17,23-24,26,43H2,(H,45,50)(H,46,51)(H,52,53);2*1H/t30?,32?,38-;;/m0../s1. The fourth-order valence-electron chi connectivity index (χ4n) is 7.17. The van der Waals surface area contributed by atoms with Crippen LogP contribution in [0, 0.1) is 0 Å². The van der Waals surface area contributed by atoms with Crippen LogP contribution in [0.2, 0.25) is 0 Å². The van der Waals surface area contributed by atoms with Gasteiger partial charge in [-0.25, -0.2) is 4.79 Å². The van der Waals surface area contributed by atoms with E-state index in [0.29, 0.717) is 66.6 Å². The van der Waals surface area contributed by atoms with Crippen LogP contribution in [-0.2, 0) is 17.6 Å². The fourth-order valence-corrected chi connectivity index (χ4v) is 7.17. The Labute approximate surface area is 332 Å². The van der Waals surface area contributed by atoms with Crippen molar-refractivity contribution in [1.82, 2.24) is 10.3 Å². The van der Waals surface area contributed by atoms with Crippen LogP contribution in [0.25, 0.3) is 22.0 Å². The summed E-state index contributed by atoms with van der Waals surface area (Å²) in [7, 11) is 0. The zero-order valence-electron chi connectivity index (χ0n) is 30.4. The number of aryl methyl sites for hydroxylation is 1. The lowest BCUT2D eigenvalue weighted by atomic mass is 9.89. The number of phenolic OH excluding ortho intramolecular Hbond substituents is 1. The topological polar surface area (TPSA) is 181 Å². The van der Waals surface area contributed by atoms with Crippen LogP contribution in [-0.4, -0.2) is 57.5 Å². The number of fused-ring (bicyclic) bond motifs is 1. The van der Waals surface area contributed by atoms with Crippen molar-refractivity contribution in [2.24, 2.45) is 5.73 Å². The molecule has 1 fully saturated rings. The summed E-state index contributed by atoms with van der Waals surface area (Å²) in [5.41, 5.74) is 12.0. The van der Waals surface area contributed by atoms with E-state index in [-0.39, 0.29) is 54.1 Å². The molecule has 2 amide bonds. The van der Waals surface area contributed by atoms with Crippen molar-refractivity contribution in [1.29, 1.82) is 0 Å². The van der Waals surface area contributed by atoms with E-state index in [2.05, 4.69) is 15.6 Å². The first-order chi connectivity index (χ1) is 25.7. The smallest absolute Gasteiger partial charge is 0.412 e. The SMILES string of the molecule is Cl.Cl.NC1CCC(N(C(=O)O)c2cc(CCCC(=O)Nc3ccc(CCNC[C@H](O)c4ccc(O)c5[nH]c(=O)ccc45)cc3)ccc2-c2ccccc2)CC1. The number of carbonyl (C=O) groups excluding carboxylic acids is 1. The molecule has 11 nitrogen and oxygen atoms in total. The number of aromatic nitrogens is 1. The Balaban J connectivity index is 0.00000336. The first-order valence-corrected chi connectivity index (χ1v) is 18.2. The summed E-state index contributed by atoms with van der Waals surface area (Å²) in [5, 5.41) is 38.1. The van der Waals surface area contributed by atoms with E-state index in [4.69, 9.17) is 5.73 Å². The van der Waals surface area contributed by atoms with Gasteiger partial charge in [0.2, 0.25) is 11.5 Å². The highest BCUT2D eigenvalue weighted by Crippen LogP contribution is 2.36. The second-order valence-corrected chi connectivity index (χ2v) is 13.8. The van der Waals surface area contributed by atoms with E-state index in [1.54, 1.807) is 12.1 Å². The van der Waals surface area contributed by atoms with Gasteiger partial charge in [-0.1, -0.05) is 60.7 Å². The molecule has 1 atom stereocenters. The Morgan fingerprint density at radius 2 is 1.58 bits per heavy atom. The van der Waals surface area contributed by atoms with Crippen LogP contribution in [0.3, 0.4) is 0 Å². The first-order valence-electron chi connectivity index (χ1n) is 18.2. The van der Waals surface area contributed by atoms with Crippen LogP contribution in [0.4, 0.5) is 16.2 Å². The molecule has 0 bridgehead atoms. The third-order valence-electron chi connectivity index (χ3n) is 10.0. The van der Waals surface area contributed by atoms with Crippen molar-refractivity contribution in [3.63, 3.8) is 0 Å². The predicted octanol–water partition coefficient (Wildman–Crippen LogP) is 7.33. The second kappa shape index (κ2) is 20.1. The lowest BCUT2D eigenvalue weighted by Crippen LogP contribution is -2.44. The maximum Gasteiger partial charge on any atom is 0.412 e. The van der Waals surface area contributed by atoms with Gasteiger partial charge < -0.3 is 36.7 Å². The van der Waals surface area contributed by atoms with Crippen molar-refractivity contribution >= 4 is 59.1 Å². The summed E-state index contributed by atoms with van der Waals surface area (Å²) in [6, 6.07) is 29.5. The quantitative estimate of drug-likeness (QED) is 0.0572. The lowest BCUT2D eigenvalue weighted by molar-refractivity contribution is -0.116. The molecule has 1 aliphatic carbocycles. The molecule has 1 aromatic heterocycles. The number of benzene rings is 4. The van der Waals surface area contributed by atoms with E-state index in [0.717, 1.165) is 47.9 Å². The van der Waals surface area contributed by atoms with Crippen molar-refractivity contribution in [3.05, 3.63) is 124 Å². The third-order valence-corrected chi connectivity index (χ3v) is 10.0. The predicted molar refractivity (Wildman–Crippen MR) is 223 cm³/mol. The summed E-state index contributed by atoms with van der Waals surface area (Å²) in [5.74, 6) is -0.141. The molecule has 1 saturated carbocycles. The minimum Gasteiger partial charge on any atom is -0.506 e. The molecular weight excluding hydrogens is 741 g/mol. The molecule has 5 aromatic rings. The summed E-state index contributed by atoms with van der Waals surface area (Å²) < 4.78 is 0. The highest BCUT2D eigenvalue weighted by atomic mass is 35.5. The number of hydrogen-bond donors (Lipinski definition) is 7. The van der Waals surface area contributed by atoms with Crippen LogP contribution < -0.4 is 26.8 Å². The van der Waals surface area contributed by atoms with Crippen LogP contribution in [0.15, 0.2) is 102 Å². The van der Waals surface area contributed by atoms with Gasteiger partial charge in [-0.15, -0.1) is 24.8 Å². The average molecular weight is 791 g/mol. The normalized spacial score (nSPS) is 15.7. The van der Waals surface area contributed by atoms with Crippen LogP contribution in [0.1, 0.15) is 61.3 Å². The number of aliphatic hydroxyl groups is 1. The molecule has 0 unspecified atom stereocenters. The van der Waals surface area contributed by atoms with Crippen molar-refractivity contribution in [2.45, 2.75) is 69.6 Å². The largest absolute Gasteiger partial charge is 0.506 e. The van der Waals surface area contributed by atoms with Gasteiger partial charge in [-0.05, 0) is 104 Å². The molecule has 13 heteroatoms. The second-order valence-electron chi connectivity index (χ2n) is 13.8. The van der Waals surface area contributed by atoms with Gasteiger partial charge in [-0.2, -0.15) is 0 Å². The number of amides is 2. The minimum atomic E-state index is -0.972. The maximum absolute atomic E-state index is 12.9. The van der Waals surface area contributed by atoms with E-state index in [1.807, 2.05) is 72.8 Å².